The number of nitrogens with two attached hydrogens (primary N) is 1. The van der Waals surface area contributed by atoms with Gasteiger partial charge in [0.05, 0.1) is 5.75 Å². The molecule has 0 unspecified atom stereocenters. The molecule has 0 aliphatic heterocycles. The van der Waals surface area contributed by atoms with Crippen molar-refractivity contribution in [2.24, 2.45) is 5.92 Å². The van der Waals surface area contributed by atoms with Crippen LogP contribution in [0.3, 0.4) is 0 Å². The minimum atomic E-state index is -0.333. The molecule has 0 atom stereocenters. The van der Waals surface area contributed by atoms with Crippen LogP contribution in [0.5, 0.6) is 0 Å². The number of nitrogens with zero attached hydrogens (tertiary/aromatic N) is 2. The van der Waals surface area contributed by atoms with Gasteiger partial charge in [0.15, 0.2) is 5.82 Å². The van der Waals surface area contributed by atoms with E-state index in [-0.39, 0.29) is 5.82 Å². The summed E-state index contributed by atoms with van der Waals surface area (Å²) in [7, 11) is 0. The van der Waals surface area contributed by atoms with Gasteiger partial charge in [0, 0.05) is 17.0 Å². The molecule has 0 aliphatic carbocycles. The van der Waals surface area contributed by atoms with E-state index in [2.05, 4.69) is 24.0 Å². The molecule has 2 N–H and O–H groups in total. The number of nitrogen functional groups attached to an aromatic ring is 1. The molecule has 0 bridgehead atoms. The van der Waals surface area contributed by atoms with E-state index in [0.29, 0.717) is 29.1 Å². The normalized spacial score (nSPS) is 11.2. The van der Waals surface area contributed by atoms with Crippen molar-refractivity contribution in [2.45, 2.75) is 30.9 Å². The van der Waals surface area contributed by atoms with E-state index in [4.69, 9.17) is 10.3 Å². The van der Waals surface area contributed by atoms with E-state index < -0.39 is 0 Å². The average molecular weight is 281 g/mol. The van der Waals surface area contributed by atoms with E-state index in [1.54, 1.807) is 6.07 Å². The van der Waals surface area contributed by atoms with Crippen molar-refractivity contribution in [3.63, 3.8) is 0 Å². The fraction of sp³-hybridized carbons (Fsp3) is 0.385. The fourth-order valence-corrected chi connectivity index (χ4v) is 2.37. The van der Waals surface area contributed by atoms with Crippen molar-refractivity contribution in [3.05, 3.63) is 35.7 Å². The Balaban J connectivity index is 1.96. The smallest absolute Gasteiger partial charge is 0.226 e. The van der Waals surface area contributed by atoms with Crippen LogP contribution in [-0.4, -0.2) is 10.1 Å². The standard InChI is InChI=1S/C13H16FN3OS/c1-8(2)5-13-16-12(17-18-13)7-19-11-4-3-9(14)6-10(11)15/h3-4,6,8H,5,7,15H2,1-2H3. The number of aromatic nitrogens is 2. The monoisotopic (exact) mass is 281 g/mol. The molecular formula is C13H16FN3OS. The second-order valence-electron chi connectivity index (χ2n) is 4.67. The molecule has 0 radical (unpaired) electrons. The second kappa shape index (κ2) is 6.06. The summed E-state index contributed by atoms with van der Waals surface area (Å²) in [5.74, 6) is 1.98. The van der Waals surface area contributed by atoms with Crippen LogP contribution in [0.25, 0.3) is 0 Å². The zero-order valence-corrected chi connectivity index (χ0v) is 11.7. The van der Waals surface area contributed by atoms with E-state index in [1.165, 1.54) is 23.9 Å². The van der Waals surface area contributed by atoms with Gasteiger partial charge in [-0.3, -0.25) is 0 Å². The van der Waals surface area contributed by atoms with Crippen LogP contribution in [0.2, 0.25) is 0 Å². The molecule has 1 heterocycles. The maximum absolute atomic E-state index is 12.9. The summed E-state index contributed by atoms with van der Waals surface area (Å²) < 4.78 is 18.1. The van der Waals surface area contributed by atoms with Gasteiger partial charge in [0.2, 0.25) is 5.89 Å². The minimum absolute atomic E-state index is 0.333. The van der Waals surface area contributed by atoms with Crippen LogP contribution in [0, 0.1) is 11.7 Å². The van der Waals surface area contributed by atoms with E-state index >= 15 is 0 Å². The predicted octanol–water partition coefficient (Wildman–Crippen LogP) is 3.28. The zero-order valence-electron chi connectivity index (χ0n) is 10.9. The van der Waals surface area contributed by atoms with Gasteiger partial charge in [-0.2, -0.15) is 4.98 Å². The number of benzene rings is 1. The molecule has 0 saturated heterocycles. The topological polar surface area (TPSA) is 64.9 Å². The van der Waals surface area contributed by atoms with Crippen LogP contribution < -0.4 is 5.73 Å². The lowest BCUT2D eigenvalue weighted by Crippen LogP contribution is -1.94. The number of thioether (sulfide) groups is 1. The van der Waals surface area contributed by atoms with Crippen LogP contribution in [-0.2, 0) is 12.2 Å². The third kappa shape index (κ3) is 3.96. The fourth-order valence-electron chi connectivity index (χ4n) is 1.57. The second-order valence-corrected chi connectivity index (χ2v) is 5.69. The molecule has 19 heavy (non-hydrogen) atoms. The third-order valence-corrected chi connectivity index (χ3v) is 3.51. The SMILES string of the molecule is CC(C)Cc1nc(CSc2ccc(F)cc2N)no1. The number of hydrogen-bond acceptors (Lipinski definition) is 5. The van der Waals surface area contributed by atoms with Gasteiger partial charge < -0.3 is 10.3 Å². The quantitative estimate of drug-likeness (QED) is 0.673. The van der Waals surface area contributed by atoms with Gasteiger partial charge in [-0.15, -0.1) is 11.8 Å². The van der Waals surface area contributed by atoms with Gasteiger partial charge in [-0.1, -0.05) is 19.0 Å². The Morgan fingerprint density at radius 3 is 2.89 bits per heavy atom. The van der Waals surface area contributed by atoms with Gasteiger partial charge in [0.1, 0.15) is 5.82 Å². The van der Waals surface area contributed by atoms with E-state index in [1.807, 2.05) is 0 Å². The Morgan fingerprint density at radius 1 is 1.42 bits per heavy atom. The maximum Gasteiger partial charge on any atom is 0.226 e. The lowest BCUT2D eigenvalue weighted by atomic mass is 10.1. The summed E-state index contributed by atoms with van der Waals surface area (Å²) in [6.45, 7) is 4.19. The molecule has 0 saturated carbocycles. The average Bonchev–Trinajstić information content (AvgIpc) is 2.74. The third-order valence-electron chi connectivity index (χ3n) is 2.42. The van der Waals surface area contributed by atoms with Gasteiger partial charge in [0.25, 0.3) is 0 Å². The summed E-state index contributed by atoms with van der Waals surface area (Å²) in [4.78, 5) is 5.12. The van der Waals surface area contributed by atoms with Crippen molar-refractivity contribution in [2.75, 3.05) is 5.73 Å². The van der Waals surface area contributed by atoms with E-state index in [0.717, 1.165) is 11.3 Å². The molecule has 102 valence electrons. The van der Waals surface area contributed by atoms with Gasteiger partial charge >= 0.3 is 0 Å². The number of halogens is 1. The highest BCUT2D eigenvalue weighted by molar-refractivity contribution is 7.98. The Hall–Kier alpha value is -1.56. The summed E-state index contributed by atoms with van der Waals surface area (Å²) in [6, 6.07) is 4.35. The lowest BCUT2D eigenvalue weighted by Gasteiger charge is -2.02. The Bertz CT molecular complexity index is 557. The molecule has 2 aromatic rings. The van der Waals surface area contributed by atoms with Crippen LogP contribution in [0.4, 0.5) is 10.1 Å². The molecule has 4 nitrogen and oxygen atoms in total. The molecular weight excluding hydrogens is 265 g/mol. The summed E-state index contributed by atoms with van der Waals surface area (Å²) in [5, 5.41) is 3.91. The van der Waals surface area contributed by atoms with Crippen molar-refractivity contribution in [1.29, 1.82) is 0 Å². The van der Waals surface area contributed by atoms with Crippen molar-refractivity contribution >= 4 is 17.4 Å². The van der Waals surface area contributed by atoms with Crippen LogP contribution >= 0.6 is 11.8 Å². The van der Waals surface area contributed by atoms with Crippen LogP contribution in [0.15, 0.2) is 27.6 Å². The first-order valence-corrected chi connectivity index (χ1v) is 7.02. The molecule has 2 rings (SSSR count). The summed E-state index contributed by atoms with van der Waals surface area (Å²) in [5.41, 5.74) is 6.16. The van der Waals surface area contributed by atoms with Crippen molar-refractivity contribution < 1.29 is 8.91 Å². The predicted molar refractivity (Wildman–Crippen MR) is 73.2 cm³/mol. The molecule has 6 heteroatoms. The molecule has 0 spiro atoms. The highest BCUT2D eigenvalue weighted by Crippen LogP contribution is 2.27. The zero-order chi connectivity index (χ0) is 13.8. The largest absolute Gasteiger partial charge is 0.398 e. The van der Waals surface area contributed by atoms with Crippen molar-refractivity contribution in [1.82, 2.24) is 10.1 Å². The Labute approximate surface area is 115 Å². The van der Waals surface area contributed by atoms with Crippen molar-refractivity contribution in [3.8, 4) is 0 Å². The molecule has 1 aromatic heterocycles. The number of rotatable bonds is 5. The first-order chi connectivity index (χ1) is 9.04. The Kier molecular flexibility index (Phi) is 4.42. The first-order valence-electron chi connectivity index (χ1n) is 6.04. The minimum Gasteiger partial charge on any atom is -0.398 e. The Morgan fingerprint density at radius 2 is 2.21 bits per heavy atom. The van der Waals surface area contributed by atoms with Crippen LogP contribution in [0.1, 0.15) is 25.6 Å². The summed E-state index contributed by atoms with van der Waals surface area (Å²) in [6.07, 6.45) is 0.774. The highest BCUT2D eigenvalue weighted by Gasteiger charge is 2.09. The molecule has 0 amide bonds. The summed E-state index contributed by atoms with van der Waals surface area (Å²) >= 11 is 1.46. The molecule has 1 aromatic carbocycles. The van der Waals surface area contributed by atoms with Gasteiger partial charge in [-0.05, 0) is 24.1 Å². The molecule has 0 aliphatic rings. The highest BCUT2D eigenvalue weighted by atomic mass is 32.2. The van der Waals surface area contributed by atoms with E-state index in [9.17, 15) is 4.39 Å². The first kappa shape index (κ1) is 13.9. The number of anilines is 1. The van der Waals surface area contributed by atoms with Gasteiger partial charge in [-0.25, -0.2) is 4.39 Å². The maximum atomic E-state index is 12.9. The lowest BCUT2D eigenvalue weighted by molar-refractivity contribution is 0.360. The number of hydrogen-bond donors (Lipinski definition) is 1. The molecule has 0 fully saturated rings.